The van der Waals surface area contributed by atoms with Gasteiger partial charge in [0.15, 0.2) is 0 Å². The molecule has 1 aliphatic heterocycles. The van der Waals surface area contributed by atoms with Crippen LogP contribution in [0.15, 0.2) is 0 Å². The third-order valence-corrected chi connectivity index (χ3v) is 1.55. The molecular weight excluding hydrogens is 174 g/mol. The van der Waals surface area contributed by atoms with E-state index in [4.69, 9.17) is 11.2 Å². The lowest BCUT2D eigenvalue weighted by Crippen LogP contribution is -2.32. The van der Waals surface area contributed by atoms with Crippen molar-refractivity contribution in [1.82, 2.24) is 4.90 Å². The lowest BCUT2D eigenvalue weighted by atomic mass is 10.4. The highest BCUT2D eigenvalue weighted by molar-refractivity contribution is 5.39. The second-order valence-electron chi connectivity index (χ2n) is 2.48. The summed E-state index contributed by atoms with van der Waals surface area (Å²) in [5, 5.41) is 0. The summed E-state index contributed by atoms with van der Waals surface area (Å²) in [5.74, 6) is 14.9. The number of morpholine rings is 1. The highest BCUT2D eigenvalue weighted by Crippen LogP contribution is 1.92. The molecule has 0 aromatic carbocycles. The molecule has 0 aliphatic carbocycles. The molecule has 0 spiro atoms. The Morgan fingerprint density at radius 3 is 2.29 bits per heavy atom. The first-order valence-corrected chi connectivity index (χ1v) is 4.22. The quantitative estimate of drug-likeness (QED) is 0.487. The molecule has 0 bridgehead atoms. The number of ether oxygens (including phenoxy) is 1. The molecule has 1 saturated heterocycles. The average molecular weight is 183 g/mol. The molecular formula is C12H9NO. The Morgan fingerprint density at radius 2 is 1.57 bits per heavy atom. The molecule has 1 rings (SSSR count). The van der Waals surface area contributed by atoms with Crippen LogP contribution in [0.1, 0.15) is 0 Å². The van der Waals surface area contributed by atoms with Gasteiger partial charge in [0, 0.05) is 36.9 Å². The van der Waals surface area contributed by atoms with Crippen molar-refractivity contribution in [2.24, 2.45) is 0 Å². The number of nitrogens with zero attached hydrogens (tertiary/aromatic N) is 1. The number of hydrogen-bond donors (Lipinski definition) is 0. The molecule has 0 aromatic rings. The van der Waals surface area contributed by atoms with Gasteiger partial charge in [-0.1, -0.05) is 0 Å². The average Bonchev–Trinajstić information content (AvgIpc) is 2.25. The standard InChI is InChI=1S/C12H9NO/c1-2-3-4-5-6-7-8-13-9-11-14-12-10-13/h1H,9-12H2. The van der Waals surface area contributed by atoms with Crippen molar-refractivity contribution in [2.75, 3.05) is 26.3 Å². The highest BCUT2D eigenvalue weighted by atomic mass is 16.5. The number of terminal acetylenes is 1. The number of hydrogen-bond acceptors (Lipinski definition) is 2. The maximum Gasteiger partial charge on any atom is 0.0649 e. The van der Waals surface area contributed by atoms with E-state index in [1.54, 1.807) is 0 Å². The third-order valence-electron chi connectivity index (χ3n) is 1.55. The van der Waals surface area contributed by atoms with Crippen LogP contribution in [-0.2, 0) is 4.74 Å². The Bertz CT molecular complexity index is 391. The lowest BCUT2D eigenvalue weighted by molar-refractivity contribution is 0.0638. The molecule has 0 saturated carbocycles. The predicted molar refractivity (Wildman–Crippen MR) is 54.6 cm³/mol. The molecule has 68 valence electrons. The second-order valence-corrected chi connectivity index (χ2v) is 2.48. The molecule has 0 aromatic heterocycles. The van der Waals surface area contributed by atoms with E-state index in [2.05, 4.69) is 41.6 Å². The summed E-state index contributed by atoms with van der Waals surface area (Å²) in [7, 11) is 0. The number of rotatable bonds is 0. The van der Waals surface area contributed by atoms with E-state index >= 15 is 0 Å². The van der Waals surface area contributed by atoms with Crippen molar-refractivity contribution in [3.8, 4) is 48.0 Å². The zero-order chi connectivity index (χ0) is 10.1. The van der Waals surface area contributed by atoms with Crippen LogP contribution >= 0.6 is 0 Å². The Kier molecular flexibility index (Phi) is 4.69. The fourth-order valence-corrected chi connectivity index (χ4v) is 0.912. The molecule has 0 N–H and O–H groups in total. The summed E-state index contributed by atoms with van der Waals surface area (Å²) in [4.78, 5) is 1.98. The summed E-state index contributed by atoms with van der Waals surface area (Å²) in [6.45, 7) is 3.15. The molecule has 0 amide bonds. The minimum Gasteiger partial charge on any atom is -0.378 e. The van der Waals surface area contributed by atoms with Crippen molar-refractivity contribution < 1.29 is 4.74 Å². The van der Waals surface area contributed by atoms with Gasteiger partial charge in [-0.25, -0.2) is 0 Å². The third kappa shape index (κ3) is 4.13. The van der Waals surface area contributed by atoms with E-state index in [1.807, 2.05) is 4.90 Å². The van der Waals surface area contributed by atoms with E-state index < -0.39 is 0 Å². The summed E-state index contributed by atoms with van der Waals surface area (Å²) in [6, 6.07) is 2.91. The minimum absolute atomic E-state index is 0.735. The largest absolute Gasteiger partial charge is 0.378 e. The van der Waals surface area contributed by atoms with Gasteiger partial charge >= 0.3 is 0 Å². The van der Waals surface area contributed by atoms with Gasteiger partial charge in [-0.3, -0.25) is 0 Å². The van der Waals surface area contributed by atoms with Crippen molar-refractivity contribution in [3.63, 3.8) is 0 Å². The van der Waals surface area contributed by atoms with Crippen LogP contribution in [0, 0.1) is 48.0 Å². The van der Waals surface area contributed by atoms with Crippen molar-refractivity contribution in [1.29, 1.82) is 0 Å². The van der Waals surface area contributed by atoms with Gasteiger partial charge < -0.3 is 9.64 Å². The Labute approximate surface area is 84.6 Å². The van der Waals surface area contributed by atoms with Crippen LogP contribution in [0.25, 0.3) is 0 Å². The van der Waals surface area contributed by atoms with Crippen molar-refractivity contribution >= 4 is 0 Å². The van der Waals surface area contributed by atoms with Crippen molar-refractivity contribution in [3.05, 3.63) is 0 Å². The molecule has 0 atom stereocenters. The maximum atomic E-state index is 5.17. The summed E-state index contributed by atoms with van der Waals surface area (Å²) in [6.07, 6.45) is 4.91. The molecule has 1 fully saturated rings. The monoisotopic (exact) mass is 183 g/mol. The molecule has 0 radical (unpaired) electrons. The summed E-state index contributed by atoms with van der Waals surface area (Å²) < 4.78 is 5.17. The van der Waals surface area contributed by atoms with Crippen LogP contribution in [0.4, 0.5) is 0 Å². The molecule has 1 aliphatic rings. The topological polar surface area (TPSA) is 12.5 Å². The Morgan fingerprint density at radius 1 is 0.929 bits per heavy atom. The van der Waals surface area contributed by atoms with Gasteiger partial charge in [-0.2, -0.15) is 0 Å². The second kappa shape index (κ2) is 6.51. The molecule has 2 nitrogen and oxygen atoms in total. The Balaban J connectivity index is 2.38. The van der Waals surface area contributed by atoms with Crippen LogP contribution in [0.3, 0.4) is 0 Å². The van der Waals surface area contributed by atoms with Crippen LogP contribution in [0.5, 0.6) is 0 Å². The smallest absolute Gasteiger partial charge is 0.0649 e. The van der Waals surface area contributed by atoms with E-state index in [1.165, 1.54) is 0 Å². The van der Waals surface area contributed by atoms with E-state index in [0.717, 1.165) is 26.3 Å². The highest BCUT2D eigenvalue weighted by Gasteiger charge is 2.04. The SMILES string of the molecule is C#CC#CC#CC#CN1CCOCC1. The van der Waals surface area contributed by atoms with Gasteiger partial charge in [0.2, 0.25) is 0 Å². The summed E-state index contributed by atoms with van der Waals surface area (Å²) >= 11 is 0. The molecule has 1 heterocycles. The molecule has 0 unspecified atom stereocenters. The minimum atomic E-state index is 0.735. The first kappa shape index (κ1) is 10.1. The first-order valence-electron chi connectivity index (χ1n) is 4.22. The fraction of sp³-hybridized carbons (Fsp3) is 0.333. The van der Waals surface area contributed by atoms with Gasteiger partial charge in [-0.15, -0.1) is 6.42 Å². The zero-order valence-corrected chi connectivity index (χ0v) is 7.76. The molecule has 14 heavy (non-hydrogen) atoms. The maximum absolute atomic E-state index is 5.17. The van der Waals surface area contributed by atoms with Gasteiger partial charge in [0.1, 0.15) is 0 Å². The Hall–Kier alpha value is -2.00. The molecule has 2 heteroatoms. The van der Waals surface area contributed by atoms with Gasteiger partial charge in [-0.05, 0) is 17.8 Å². The van der Waals surface area contributed by atoms with Crippen molar-refractivity contribution in [2.45, 2.75) is 0 Å². The fourth-order valence-electron chi connectivity index (χ4n) is 0.912. The van der Waals surface area contributed by atoms with E-state index in [9.17, 15) is 0 Å². The van der Waals surface area contributed by atoms with E-state index in [-0.39, 0.29) is 0 Å². The normalized spacial score (nSPS) is 13.2. The van der Waals surface area contributed by atoms with Gasteiger partial charge in [0.05, 0.1) is 13.2 Å². The van der Waals surface area contributed by atoms with Crippen LogP contribution in [-0.4, -0.2) is 31.2 Å². The first-order chi connectivity index (χ1) is 6.93. The zero-order valence-electron chi connectivity index (χ0n) is 7.76. The van der Waals surface area contributed by atoms with Crippen LogP contribution < -0.4 is 0 Å². The van der Waals surface area contributed by atoms with E-state index in [0.29, 0.717) is 0 Å². The van der Waals surface area contributed by atoms with Crippen LogP contribution in [0.2, 0.25) is 0 Å². The lowest BCUT2D eigenvalue weighted by Gasteiger charge is -2.22. The predicted octanol–water partition coefficient (Wildman–Crippen LogP) is -0.0805. The summed E-state index contributed by atoms with van der Waals surface area (Å²) in [5.41, 5.74) is 0. The van der Waals surface area contributed by atoms with Gasteiger partial charge in [0.25, 0.3) is 0 Å².